The highest BCUT2D eigenvalue weighted by molar-refractivity contribution is 7.20. The second-order valence-corrected chi connectivity index (χ2v) is 7.85. The van der Waals surface area contributed by atoms with Crippen LogP contribution in [0.25, 0.3) is 16.2 Å². The minimum atomic E-state index is -0.258. The molecular weight excluding hydrogens is 367 g/mol. The van der Waals surface area contributed by atoms with Crippen LogP contribution < -0.4 is 10.2 Å². The zero-order valence-corrected chi connectivity index (χ0v) is 15.5. The second-order valence-electron chi connectivity index (χ2n) is 6.91. The molecule has 0 radical (unpaired) electrons. The summed E-state index contributed by atoms with van der Waals surface area (Å²) in [7, 11) is 0. The van der Waals surface area contributed by atoms with Gasteiger partial charge in [0.2, 0.25) is 16.0 Å². The molecule has 2 aliphatic rings. The van der Waals surface area contributed by atoms with E-state index in [1.54, 1.807) is 16.6 Å². The predicted octanol–water partition coefficient (Wildman–Crippen LogP) is 1.46. The fourth-order valence-electron chi connectivity index (χ4n) is 3.42. The molecule has 140 valence electrons. The monoisotopic (exact) mass is 386 g/mol. The molecule has 1 aromatic carbocycles. The van der Waals surface area contributed by atoms with Gasteiger partial charge in [-0.15, -0.1) is 5.10 Å². The van der Waals surface area contributed by atoms with Gasteiger partial charge in [-0.05, 0) is 24.3 Å². The Balaban J connectivity index is 1.28. The van der Waals surface area contributed by atoms with Crippen molar-refractivity contribution in [2.24, 2.45) is 5.92 Å². The Morgan fingerprint density at radius 1 is 1.15 bits per heavy atom. The normalized spacial score (nSPS) is 18.1. The van der Waals surface area contributed by atoms with Gasteiger partial charge in [0, 0.05) is 44.8 Å². The van der Waals surface area contributed by atoms with Crippen LogP contribution in [0.1, 0.15) is 0 Å². The van der Waals surface area contributed by atoms with E-state index in [2.05, 4.69) is 20.3 Å². The third kappa shape index (κ3) is 3.06. The molecule has 2 aromatic heterocycles. The molecule has 0 unspecified atom stereocenters. The van der Waals surface area contributed by atoms with E-state index in [0.717, 1.165) is 60.6 Å². The van der Waals surface area contributed by atoms with E-state index in [4.69, 9.17) is 0 Å². The highest BCUT2D eigenvalue weighted by atomic mass is 32.1. The van der Waals surface area contributed by atoms with Crippen molar-refractivity contribution in [3.05, 3.63) is 36.3 Å². The number of amides is 1. The van der Waals surface area contributed by atoms with Crippen LogP contribution in [0.5, 0.6) is 0 Å². The smallest absolute Gasteiger partial charge is 0.228 e. The van der Waals surface area contributed by atoms with Crippen LogP contribution in [0.2, 0.25) is 0 Å². The molecular formula is C18H19FN6OS. The summed E-state index contributed by atoms with van der Waals surface area (Å²) in [5.41, 5.74) is 1.65. The number of nitrogens with zero attached hydrogens (tertiary/aromatic N) is 5. The van der Waals surface area contributed by atoms with Crippen LogP contribution in [0.4, 0.5) is 9.52 Å². The number of aromatic nitrogens is 3. The van der Waals surface area contributed by atoms with Gasteiger partial charge in [-0.25, -0.2) is 13.9 Å². The fourth-order valence-corrected chi connectivity index (χ4v) is 4.35. The number of benzene rings is 1. The van der Waals surface area contributed by atoms with E-state index in [0.29, 0.717) is 0 Å². The summed E-state index contributed by atoms with van der Waals surface area (Å²) in [5, 5.41) is 8.71. The number of imidazole rings is 1. The van der Waals surface area contributed by atoms with Crippen molar-refractivity contribution in [2.75, 3.05) is 44.2 Å². The van der Waals surface area contributed by atoms with Crippen LogP contribution in [0.3, 0.4) is 0 Å². The maximum absolute atomic E-state index is 13.1. The van der Waals surface area contributed by atoms with Gasteiger partial charge >= 0.3 is 0 Å². The molecule has 0 saturated carbocycles. The average Bonchev–Trinajstić information content (AvgIpc) is 3.20. The Kier molecular flexibility index (Phi) is 4.05. The quantitative estimate of drug-likeness (QED) is 0.738. The first-order valence-corrected chi connectivity index (χ1v) is 9.85. The van der Waals surface area contributed by atoms with E-state index in [-0.39, 0.29) is 17.6 Å². The van der Waals surface area contributed by atoms with Crippen LogP contribution in [0.15, 0.2) is 30.5 Å². The largest absolute Gasteiger partial charge is 0.343 e. The molecule has 3 aromatic rings. The topological polar surface area (TPSA) is 65.8 Å². The molecule has 4 heterocycles. The number of anilines is 1. The lowest BCUT2D eigenvalue weighted by Gasteiger charge is -2.38. The standard InChI is InChI=1S/C18H19FN6OS/c19-14-3-1-12(2-4-14)15-11-25-17(21-15)27-18(22-25)24-7-5-23(6-8-24)16(26)13-9-20-10-13/h1-4,11,13,20H,5-10H2. The molecule has 5 rings (SSSR count). The van der Waals surface area contributed by atoms with Crippen molar-refractivity contribution < 1.29 is 9.18 Å². The van der Waals surface area contributed by atoms with Gasteiger partial charge in [0.1, 0.15) is 5.82 Å². The van der Waals surface area contributed by atoms with Gasteiger partial charge in [0.25, 0.3) is 0 Å². The zero-order valence-electron chi connectivity index (χ0n) is 14.6. The highest BCUT2D eigenvalue weighted by Crippen LogP contribution is 2.27. The lowest BCUT2D eigenvalue weighted by atomic mass is 10.0. The Hall–Kier alpha value is -2.52. The van der Waals surface area contributed by atoms with E-state index in [1.165, 1.54) is 23.5 Å². The summed E-state index contributed by atoms with van der Waals surface area (Å²) in [6.45, 7) is 4.65. The maximum Gasteiger partial charge on any atom is 0.228 e. The number of hydrogen-bond acceptors (Lipinski definition) is 6. The maximum atomic E-state index is 13.1. The molecule has 0 spiro atoms. The Morgan fingerprint density at radius 3 is 2.52 bits per heavy atom. The van der Waals surface area contributed by atoms with Crippen molar-refractivity contribution >= 4 is 27.3 Å². The predicted molar refractivity (Wildman–Crippen MR) is 101 cm³/mol. The number of carbonyl (C=O) groups is 1. The van der Waals surface area contributed by atoms with Crippen molar-refractivity contribution in [3.8, 4) is 11.3 Å². The average molecular weight is 386 g/mol. The van der Waals surface area contributed by atoms with Crippen molar-refractivity contribution in [1.82, 2.24) is 24.8 Å². The minimum absolute atomic E-state index is 0.157. The molecule has 1 N–H and O–H groups in total. The van der Waals surface area contributed by atoms with Crippen LogP contribution >= 0.6 is 11.3 Å². The lowest BCUT2D eigenvalue weighted by molar-refractivity contribution is -0.137. The summed E-state index contributed by atoms with van der Waals surface area (Å²) in [5.74, 6) is 0.169. The van der Waals surface area contributed by atoms with Gasteiger partial charge in [0.05, 0.1) is 17.8 Å². The molecule has 2 aliphatic heterocycles. The van der Waals surface area contributed by atoms with Crippen molar-refractivity contribution in [1.29, 1.82) is 0 Å². The summed E-state index contributed by atoms with van der Waals surface area (Å²) < 4.78 is 14.9. The molecule has 0 bridgehead atoms. The number of fused-ring (bicyclic) bond motifs is 1. The van der Waals surface area contributed by atoms with Crippen molar-refractivity contribution in [3.63, 3.8) is 0 Å². The molecule has 2 fully saturated rings. The summed E-state index contributed by atoms with van der Waals surface area (Å²) in [4.78, 5) is 21.9. The first kappa shape index (κ1) is 16.6. The summed E-state index contributed by atoms with van der Waals surface area (Å²) in [6, 6.07) is 6.30. The van der Waals surface area contributed by atoms with Crippen LogP contribution in [0, 0.1) is 11.7 Å². The number of hydrogen-bond donors (Lipinski definition) is 1. The molecule has 27 heavy (non-hydrogen) atoms. The van der Waals surface area contributed by atoms with Gasteiger partial charge < -0.3 is 15.1 Å². The van der Waals surface area contributed by atoms with Gasteiger partial charge in [-0.1, -0.05) is 11.3 Å². The Bertz CT molecular complexity index is 940. The van der Waals surface area contributed by atoms with Gasteiger partial charge in [0.15, 0.2) is 0 Å². The number of nitrogens with one attached hydrogen (secondary N) is 1. The Morgan fingerprint density at radius 2 is 1.89 bits per heavy atom. The van der Waals surface area contributed by atoms with Gasteiger partial charge in [-0.3, -0.25) is 4.79 Å². The fraction of sp³-hybridized carbons (Fsp3) is 0.389. The minimum Gasteiger partial charge on any atom is -0.343 e. The summed E-state index contributed by atoms with van der Waals surface area (Å²) >= 11 is 1.53. The molecule has 7 nitrogen and oxygen atoms in total. The first-order chi connectivity index (χ1) is 13.2. The Labute approximate surface area is 159 Å². The number of halogens is 1. The molecule has 9 heteroatoms. The first-order valence-electron chi connectivity index (χ1n) is 9.04. The third-order valence-electron chi connectivity index (χ3n) is 5.17. The molecule has 0 atom stereocenters. The highest BCUT2D eigenvalue weighted by Gasteiger charge is 2.31. The second kappa shape index (κ2) is 6.58. The number of carbonyl (C=O) groups excluding carboxylic acids is 1. The van der Waals surface area contributed by atoms with E-state index < -0.39 is 0 Å². The SMILES string of the molecule is O=C(C1CNC1)N1CCN(c2nn3cc(-c4ccc(F)cc4)nc3s2)CC1. The molecule has 1 amide bonds. The van der Waals surface area contributed by atoms with Crippen LogP contribution in [-0.2, 0) is 4.79 Å². The number of piperazine rings is 1. The lowest BCUT2D eigenvalue weighted by Crippen LogP contribution is -2.56. The number of rotatable bonds is 3. The zero-order chi connectivity index (χ0) is 18.4. The molecule has 2 saturated heterocycles. The van der Waals surface area contributed by atoms with Gasteiger partial charge in [-0.2, -0.15) is 0 Å². The van der Waals surface area contributed by atoms with E-state index in [1.807, 2.05) is 11.1 Å². The van der Waals surface area contributed by atoms with E-state index >= 15 is 0 Å². The third-order valence-corrected chi connectivity index (χ3v) is 6.15. The summed E-state index contributed by atoms with van der Waals surface area (Å²) in [6.07, 6.45) is 1.87. The van der Waals surface area contributed by atoms with E-state index in [9.17, 15) is 9.18 Å². The van der Waals surface area contributed by atoms with Crippen LogP contribution in [-0.4, -0.2) is 64.7 Å². The van der Waals surface area contributed by atoms with Crippen molar-refractivity contribution in [2.45, 2.75) is 0 Å². The molecule has 0 aliphatic carbocycles.